The van der Waals surface area contributed by atoms with Gasteiger partial charge in [-0.05, 0) is 13.0 Å². The zero-order valence-corrected chi connectivity index (χ0v) is 7.96. The molecule has 1 aromatic heterocycles. The van der Waals surface area contributed by atoms with Gasteiger partial charge in [0.15, 0.2) is 0 Å². The molecular weight excluding hydrogens is 180 g/mol. The van der Waals surface area contributed by atoms with E-state index < -0.39 is 0 Å². The topological polar surface area (TPSA) is 62.0 Å². The number of hydrogen-bond donors (Lipinski definition) is 2. The zero-order valence-electron chi connectivity index (χ0n) is 7.96. The molecule has 1 aliphatic rings. The van der Waals surface area contributed by atoms with Crippen molar-refractivity contribution in [1.29, 1.82) is 0 Å². The molecule has 2 rings (SSSR count). The van der Waals surface area contributed by atoms with E-state index in [0.29, 0.717) is 18.5 Å². The molecule has 0 saturated carbocycles. The molecule has 1 amide bonds. The van der Waals surface area contributed by atoms with Crippen LogP contribution in [0.4, 0.5) is 0 Å². The molecule has 1 fully saturated rings. The number of hydrogen-bond acceptors (Lipinski definition) is 2. The van der Waals surface area contributed by atoms with E-state index >= 15 is 0 Å². The first-order chi connectivity index (χ1) is 6.66. The van der Waals surface area contributed by atoms with Crippen molar-refractivity contribution in [3.8, 4) is 0 Å². The zero-order chi connectivity index (χ0) is 10.1. The number of aromatic nitrogens is 1. The maximum atomic E-state index is 11.5. The van der Waals surface area contributed by atoms with Gasteiger partial charge in [-0.15, -0.1) is 0 Å². The molecule has 1 aliphatic heterocycles. The number of amides is 1. The summed E-state index contributed by atoms with van der Waals surface area (Å²) in [6, 6.07) is 3.67. The smallest absolute Gasteiger partial charge is 0.251 e. The van der Waals surface area contributed by atoms with E-state index in [1.165, 1.54) is 0 Å². The molecule has 0 bridgehead atoms. The van der Waals surface area contributed by atoms with Crippen molar-refractivity contribution in [2.24, 2.45) is 0 Å². The SMILES string of the molecule is Cc1ccc(C2CNC(=O)C2)c(=O)[nH]1. The molecule has 14 heavy (non-hydrogen) atoms. The van der Waals surface area contributed by atoms with Crippen LogP contribution in [0.15, 0.2) is 16.9 Å². The van der Waals surface area contributed by atoms with Gasteiger partial charge in [-0.3, -0.25) is 9.59 Å². The lowest BCUT2D eigenvalue weighted by Gasteiger charge is -2.05. The van der Waals surface area contributed by atoms with Crippen molar-refractivity contribution in [3.05, 3.63) is 33.7 Å². The number of aryl methyl sites for hydroxylation is 1. The highest BCUT2D eigenvalue weighted by molar-refractivity contribution is 5.79. The number of carbonyl (C=O) groups is 1. The molecule has 1 atom stereocenters. The van der Waals surface area contributed by atoms with Crippen molar-refractivity contribution >= 4 is 5.91 Å². The van der Waals surface area contributed by atoms with Gasteiger partial charge in [-0.2, -0.15) is 0 Å². The lowest BCUT2D eigenvalue weighted by Crippen LogP contribution is -2.18. The van der Waals surface area contributed by atoms with Gasteiger partial charge in [-0.1, -0.05) is 6.07 Å². The summed E-state index contributed by atoms with van der Waals surface area (Å²) in [5, 5.41) is 2.72. The normalized spacial score (nSPS) is 20.9. The van der Waals surface area contributed by atoms with Crippen LogP contribution in [0.1, 0.15) is 23.6 Å². The fourth-order valence-electron chi connectivity index (χ4n) is 1.73. The monoisotopic (exact) mass is 192 g/mol. The number of H-pyrrole nitrogens is 1. The standard InChI is InChI=1S/C10H12N2O2/c1-6-2-3-8(10(14)12-6)7-4-9(13)11-5-7/h2-3,7H,4-5H2,1H3,(H,11,13)(H,12,14). The van der Waals surface area contributed by atoms with Crippen LogP contribution in [-0.4, -0.2) is 17.4 Å². The fraction of sp³-hybridized carbons (Fsp3) is 0.400. The molecular formula is C10H12N2O2. The van der Waals surface area contributed by atoms with E-state index in [4.69, 9.17) is 0 Å². The average Bonchev–Trinajstić information content (AvgIpc) is 2.51. The molecule has 74 valence electrons. The molecule has 1 unspecified atom stereocenters. The van der Waals surface area contributed by atoms with Crippen molar-refractivity contribution in [3.63, 3.8) is 0 Å². The van der Waals surface area contributed by atoms with Gasteiger partial charge in [0.25, 0.3) is 5.56 Å². The van der Waals surface area contributed by atoms with Gasteiger partial charge in [0, 0.05) is 30.1 Å². The molecule has 1 aromatic rings. The predicted molar refractivity (Wildman–Crippen MR) is 52.2 cm³/mol. The Morgan fingerprint density at radius 2 is 2.14 bits per heavy atom. The van der Waals surface area contributed by atoms with Crippen LogP contribution < -0.4 is 10.9 Å². The molecule has 0 aromatic carbocycles. The Balaban J connectivity index is 2.33. The van der Waals surface area contributed by atoms with Gasteiger partial charge in [0.05, 0.1) is 0 Å². The van der Waals surface area contributed by atoms with E-state index in [1.54, 1.807) is 6.07 Å². The largest absolute Gasteiger partial charge is 0.355 e. The molecule has 4 nitrogen and oxygen atoms in total. The van der Waals surface area contributed by atoms with E-state index in [-0.39, 0.29) is 17.4 Å². The van der Waals surface area contributed by atoms with Crippen LogP contribution in [0.2, 0.25) is 0 Å². The Labute approximate surface area is 81.3 Å². The maximum absolute atomic E-state index is 11.5. The second-order valence-electron chi connectivity index (χ2n) is 3.63. The third kappa shape index (κ3) is 1.55. The lowest BCUT2D eigenvalue weighted by atomic mass is 10.00. The fourth-order valence-corrected chi connectivity index (χ4v) is 1.73. The molecule has 1 saturated heterocycles. The molecule has 4 heteroatoms. The maximum Gasteiger partial charge on any atom is 0.251 e. The van der Waals surface area contributed by atoms with E-state index in [9.17, 15) is 9.59 Å². The Kier molecular flexibility index (Phi) is 2.11. The second kappa shape index (κ2) is 3.29. The Morgan fingerprint density at radius 3 is 2.71 bits per heavy atom. The average molecular weight is 192 g/mol. The second-order valence-corrected chi connectivity index (χ2v) is 3.63. The van der Waals surface area contributed by atoms with Gasteiger partial charge in [0.1, 0.15) is 0 Å². The summed E-state index contributed by atoms with van der Waals surface area (Å²) in [6.07, 6.45) is 0.423. The van der Waals surface area contributed by atoms with Crippen LogP contribution in [-0.2, 0) is 4.79 Å². The Bertz CT molecular complexity index is 422. The van der Waals surface area contributed by atoms with E-state index in [0.717, 1.165) is 5.69 Å². The summed E-state index contributed by atoms with van der Waals surface area (Å²) in [5.74, 6) is 0.0572. The Hall–Kier alpha value is -1.58. The van der Waals surface area contributed by atoms with Gasteiger partial charge < -0.3 is 10.3 Å². The van der Waals surface area contributed by atoms with E-state index in [1.807, 2.05) is 13.0 Å². The Morgan fingerprint density at radius 1 is 1.36 bits per heavy atom. The minimum atomic E-state index is -0.0773. The first-order valence-electron chi connectivity index (χ1n) is 4.63. The van der Waals surface area contributed by atoms with Crippen molar-refractivity contribution in [2.75, 3.05) is 6.54 Å². The summed E-state index contributed by atoms with van der Waals surface area (Å²) in [5.41, 5.74) is 1.47. The molecule has 0 radical (unpaired) electrons. The highest BCUT2D eigenvalue weighted by Gasteiger charge is 2.24. The summed E-state index contributed by atoms with van der Waals surface area (Å²) < 4.78 is 0. The number of carbonyl (C=O) groups excluding carboxylic acids is 1. The number of nitrogens with one attached hydrogen (secondary N) is 2. The molecule has 0 spiro atoms. The summed E-state index contributed by atoms with van der Waals surface area (Å²) in [7, 11) is 0. The van der Waals surface area contributed by atoms with Gasteiger partial charge in [0.2, 0.25) is 5.91 Å². The van der Waals surface area contributed by atoms with Crippen LogP contribution in [0.5, 0.6) is 0 Å². The quantitative estimate of drug-likeness (QED) is 0.671. The van der Waals surface area contributed by atoms with Crippen LogP contribution in [0.25, 0.3) is 0 Å². The molecule has 0 aliphatic carbocycles. The molecule has 2 heterocycles. The first-order valence-corrected chi connectivity index (χ1v) is 4.63. The van der Waals surface area contributed by atoms with E-state index in [2.05, 4.69) is 10.3 Å². The highest BCUT2D eigenvalue weighted by Crippen LogP contribution is 2.19. The third-order valence-electron chi connectivity index (χ3n) is 2.50. The summed E-state index contributed by atoms with van der Waals surface area (Å²) in [6.45, 7) is 2.41. The van der Waals surface area contributed by atoms with Crippen molar-refractivity contribution in [2.45, 2.75) is 19.3 Å². The van der Waals surface area contributed by atoms with Crippen molar-refractivity contribution in [1.82, 2.24) is 10.3 Å². The van der Waals surface area contributed by atoms with Crippen LogP contribution in [0.3, 0.4) is 0 Å². The third-order valence-corrected chi connectivity index (χ3v) is 2.50. The highest BCUT2D eigenvalue weighted by atomic mass is 16.2. The number of rotatable bonds is 1. The predicted octanol–water partition coefficient (Wildman–Crippen LogP) is 0.287. The van der Waals surface area contributed by atoms with Crippen molar-refractivity contribution < 1.29 is 4.79 Å². The first kappa shape index (κ1) is 8.99. The lowest BCUT2D eigenvalue weighted by molar-refractivity contribution is -0.119. The number of pyridine rings is 1. The number of aromatic amines is 1. The summed E-state index contributed by atoms with van der Waals surface area (Å²) in [4.78, 5) is 25.3. The van der Waals surface area contributed by atoms with Crippen LogP contribution in [0, 0.1) is 6.92 Å². The van der Waals surface area contributed by atoms with Gasteiger partial charge in [-0.25, -0.2) is 0 Å². The van der Waals surface area contributed by atoms with Gasteiger partial charge >= 0.3 is 0 Å². The minimum Gasteiger partial charge on any atom is -0.355 e. The minimum absolute atomic E-state index is 0.0231. The van der Waals surface area contributed by atoms with Crippen LogP contribution >= 0.6 is 0 Å². The molecule has 2 N–H and O–H groups in total. The summed E-state index contributed by atoms with van der Waals surface area (Å²) >= 11 is 0.